The zero-order valence-electron chi connectivity index (χ0n) is 16.3. The van der Waals surface area contributed by atoms with E-state index in [9.17, 15) is 0 Å². The quantitative estimate of drug-likeness (QED) is 0.216. The van der Waals surface area contributed by atoms with E-state index in [1.807, 2.05) is 6.07 Å². The second-order valence-electron chi connectivity index (χ2n) is 6.63. The highest BCUT2D eigenvalue weighted by molar-refractivity contribution is 14.0. The van der Waals surface area contributed by atoms with Crippen molar-refractivity contribution in [3.05, 3.63) is 35.9 Å². The number of nitrogens with one attached hydrogen (secondary N) is 3. The molecule has 0 aromatic heterocycles. The molecule has 0 radical (unpaired) electrons. The number of nitrogens with zero attached hydrogens (tertiary/aromatic N) is 1. The molecule has 5 nitrogen and oxygen atoms in total. The molecule has 1 aromatic rings. The van der Waals surface area contributed by atoms with Gasteiger partial charge in [-0.1, -0.05) is 30.3 Å². The van der Waals surface area contributed by atoms with E-state index < -0.39 is 0 Å². The second-order valence-corrected chi connectivity index (χ2v) is 6.63. The van der Waals surface area contributed by atoms with E-state index in [0.29, 0.717) is 6.54 Å². The smallest absolute Gasteiger partial charge is 0.191 e. The summed E-state index contributed by atoms with van der Waals surface area (Å²) in [6, 6.07) is 10.8. The SMILES string of the molecule is CCNC(=NCC(C)(C)NC(C)c1ccccc1)NCCCOC.I. The third-order valence-electron chi connectivity index (χ3n) is 3.70. The van der Waals surface area contributed by atoms with E-state index in [1.54, 1.807) is 7.11 Å². The fourth-order valence-electron chi connectivity index (χ4n) is 2.50. The third-order valence-corrected chi connectivity index (χ3v) is 3.70. The number of aliphatic imine (C=N–C) groups is 1. The summed E-state index contributed by atoms with van der Waals surface area (Å²) < 4.78 is 5.07. The van der Waals surface area contributed by atoms with Crippen molar-refractivity contribution in [2.24, 2.45) is 4.99 Å². The van der Waals surface area contributed by atoms with Gasteiger partial charge in [0, 0.05) is 38.4 Å². The molecule has 0 aliphatic rings. The van der Waals surface area contributed by atoms with E-state index in [1.165, 1.54) is 5.56 Å². The minimum absolute atomic E-state index is 0. The van der Waals surface area contributed by atoms with Crippen molar-refractivity contribution in [3.8, 4) is 0 Å². The molecule has 0 bridgehead atoms. The van der Waals surface area contributed by atoms with E-state index in [0.717, 1.165) is 32.1 Å². The van der Waals surface area contributed by atoms with Crippen molar-refractivity contribution in [1.82, 2.24) is 16.0 Å². The number of hydrogen-bond donors (Lipinski definition) is 3. The monoisotopic (exact) mass is 462 g/mol. The van der Waals surface area contributed by atoms with Crippen LogP contribution in [0.4, 0.5) is 0 Å². The van der Waals surface area contributed by atoms with Crippen molar-refractivity contribution < 1.29 is 4.74 Å². The lowest BCUT2D eigenvalue weighted by atomic mass is 10.0. The average Bonchev–Trinajstić information content (AvgIpc) is 2.57. The van der Waals surface area contributed by atoms with Gasteiger partial charge in [-0.2, -0.15) is 0 Å². The van der Waals surface area contributed by atoms with Crippen LogP contribution >= 0.6 is 24.0 Å². The molecule has 0 amide bonds. The predicted octanol–water partition coefficient (Wildman–Crippen LogP) is 3.33. The minimum atomic E-state index is -0.0931. The number of ether oxygens (including phenoxy) is 1. The van der Waals surface area contributed by atoms with E-state index in [-0.39, 0.29) is 35.6 Å². The lowest BCUT2D eigenvalue weighted by molar-refractivity contribution is 0.195. The van der Waals surface area contributed by atoms with Crippen LogP contribution in [-0.2, 0) is 4.74 Å². The Hall–Kier alpha value is -0.860. The Morgan fingerprint density at radius 3 is 2.48 bits per heavy atom. The summed E-state index contributed by atoms with van der Waals surface area (Å²) in [5, 5.41) is 10.3. The Labute approximate surface area is 170 Å². The summed E-state index contributed by atoms with van der Waals surface area (Å²) >= 11 is 0. The zero-order chi connectivity index (χ0) is 17.8. The highest BCUT2D eigenvalue weighted by atomic mass is 127. The molecular weight excluding hydrogens is 427 g/mol. The molecule has 1 atom stereocenters. The summed E-state index contributed by atoms with van der Waals surface area (Å²) in [5.41, 5.74) is 1.20. The molecule has 0 aliphatic heterocycles. The molecule has 6 heteroatoms. The molecule has 144 valence electrons. The normalized spacial score (nSPS) is 13.1. The molecule has 0 spiro atoms. The van der Waals surface area contributed by atoms with Gasteiger partial charge in [-0.3, -0.25) is 4.99 Å². The van der Waals surface area contributed by atoms with Gasteiger partial charge in [-0.15, -0.1) is 24.0 Å². The molecule has 1 aromatic carbocycles. The topological polar surface area (TPSA) is 57.7 Å². The number of benzene rings is 1. The summed E-state index contributed by atoms with van der Waals surface area (Å²) in [7, 11) is 1.72. The zero-order valence-corrected chi connectivity index (χ0v) is 18.6. The van der Waals surface area contributed by atoms with Gasteiger partial charge in [0.25, 0.3) is 0 Å². The Kier molecular flexibility index (Phi) is 12.9. The van der Waals surface area contributed by atoms with Crippen LogP contribution in [0.5, 0.6) is 0 Å². The Morgan fingerprint density at radius 1 is 1.20 bits per heavy atom. The van der Waals surface area contributed by atoms with Crippen LogP contribution < -0.4 is 16.0 Å². The molecule has 25 heavy (non-hydrogen) atoms. The fraction of sp³-hybridized carbons (Fsp3) is 0.632. The van der Waals surface area contributed by atoms with Crippen molar-refractivity contribution >= 4 is 29.9 Å². The van der Waals surface area contributed by atoms with Crippen LogP contribution in [0.25, 0.3) is 0 Å². The molecule has 1 unspecified atom stereocenters. The van der Waals surface area contributed by atoms with Gasteiger partial charge in [0.05, 0.1) is 6.54 Å². The lowest BCUT2D eigenvalue weighted by Crippen LogP contribution is -2.45. The highest BCUT2D eigenvalue weighted by Gasteiger charge is 2.20. The predicted molar refractivity (Wildman–Crippen MR) is 118 cm³/mol. The van der Waals surface area contributed by atoms with Crippen LogP contribution in [0.15, 0.2) is 35.3 Å². The second kappa shape index (κ2) is 13.4. The number of guanidine groups is 1. The van der Waals surface area contributed by atoms with Crippen LogP contribution in [0, 0.1) is 0 Å². The molecule has 0 saturated heterocycles. The standard InChI is InChI=1S/C19H34N4O.HI/c1-6-20-18(21-13-10-14-24-5)22-15-19(3,4)23-16(2)17-11-8-7-9-12-17;/h7-9,11-12,16,23H,6,10,13-15H2,1-5H3,(H2,20,21,22);1H. The van der Waals surface area contributed by atoms with Crippen molar-refractivity contribution in [2.45, 2.75) is 45.7 Å². The van der Waals surface area contributed by atoms with Crippen LogP contribution in [0.3, 0.4) is 0 Å². The maximum absolute atomic E-state index is 5.07. The first-order valence-electron chi connectivity index (χ1n) is 8.82. The van der Waals surface area contributed by atoms with Crippen LogP contribution in [-0.4, -0.2) is 44.8 Å². The third kappa shape index (κ3) is 10.7. The van der Waals surface area contributed by atoms with Crippen LogP contribution in [0.1, 0.15) is 45.7 Å². The first-order valence-corrected chi connectivity index (χ1v) is 8.82. The van der Waals surface area contributed by atoms with E-state index >= 15 is 0 Å². The molecule has 1 rings (SSSR count). The first-order chi connectivity index (χ1) is 11.5. The summed E-state index contributed by atoms with van der Waals surface area (Å²) in [5.74, 6) is 0.857. The van der Waals surface area contributed by atoms with E-state index in [2.05, 4.69) is 67.9 Å². The lowest BCUT2D eigenvalue weighted by Gasteiger charge is -2.29. The molecule has 0 fully saturated rings. The summed E-state index contributed by atoms with van der Waals surface area (Å²) in [4.78, 5) is 4.72. The van der Waals surface area contributed by atoms with Crippen molar-refractivity contribution in [1.29, 1.82) is 0 Å². The Balaban J connectivity index is 0.00000576. The van der Waals surface area contributed by atoms with Gasteiger partial charge in [-0.05, 0) is 39.7 Å². The van der Waals surface area contributed by atoms with Gasteiger partial charge < -0.3 is 20.7 Å². The highest BCUT2D eigenvalue weighted by Crippen LogP contribution is 2.16. The molecule has 0 heterocycles. The van der Waals surface area contributed by atoms with Gasteiger partial charge >= 0.3 is 0 Å². The average molecular weight is 462 g/mol. The summed E-state index contributed by atoms with van der Waals surface area (Å²) in [6.45, 7) is 11.8. The molecular formula is C19H35IN4O. The Morgan fingerprint density at radius 2 is 1.88 bits per heavy atom. The molecule has 0 saturated carbocycles. The maximum Gasteiger partial charge on any atom is 0.191 e. The molecule has 3 N–H and O–H groups in total. The largest absolute Gasteiger partial charge is 0.385 e. The van der Waals surface area contributed by atoms with Gasteiger partial charge in [0.1, 0.15) is 0 Å². The number of halogens is 1. The van der Waals surface area contributed by atoms with Gasteiger partial charge in [-0.25, -0.2) is 0 Å². The minimum Gasteiger partial charge on any atom is -0.385 e. The first kappa shape index (κ1) is 24.1. The van der Waals surface area contributed by atoms with Crippen molar-refractivity contribution in [3.63, 3.8) is 0 Å². The van der Waals surface area contributed by atoms with Gasteiger partial charge in [0.2, 0.25) is 0 Å². The number of rotatable bonds is 10. The Bertz CT molecular complexity index is 480. The van der Waals surface area contributed by atoms with E-state index in [4.69, 9.17) is 9.73 Å². The van der Waals surface area contributed by atoms with Crippen LogP contribution in [0.2, 0.25) is 0 Å². The fourth-order valence-corrected chi connectivity index (χ4v) is 2.50. The number of hydrogen-bond acceptors (Lipinski definition) is 3. The summed E-state index contributed by atoms with van der Waals surface area (Å²) in [6.07, 6.45) is 0.966. The maximum atomic E-state index is 5.07. The van der Waals surface area contributed by atoms with Gasteiger partial charge in [0.15, 0.2) is 5.96 Å². The number of methoxy groups -OCH3 is 1. The van der Waals surface area contributed by atoms with Crippen molar-refractivity contribution in [2.75, 3.05) is 33.4 Å². The molecule has 0 aliphatic carbocycles.